The lowest BCUT2D eigenvalue weighted by Crippen LogP contribution is -2.54. The summed E-state index contributed by atoms with van der Waals surface area (Å²) in [5, 5.41) is 2.37. The largest absolute Gasteiger partial charge is 0.462 e. The van der Waals surface area contributed by atoms with Crippen molar-refractivity contribution in [1.82, 2.24) is 9.88 Å². The lowest BCUT2D eigenvalue weighted by atomic mass is 9.97. The van der Waals surface area contributed by atoms with Crippen LogP contribution in [-0.2, 0) is 20.9 Å². The highest BCUT2D eigenvalue weighted by atomic mass is 16.7. The van der Waals surface area contributed by atoms with Crippen LogP contribution in [0.5, 0.6) is 5.75 Å². The highest BCUT2D eigenvalue weighted by molar-refractivity contribution is 5.88. The first-order valence-corrected chi connectivity index (χ1v) is 11.8. The van der Waals surface area contributed by atoms with Crippen LogP contribution in [0.2, 0.25) is 0 Å². The molecule has 1 atom stereocenters. The Hall–Kier alpha value is -2.96. The van der Waals surface area contributed by atoms with Crippen molar-refractivity contribution < 1.29 is 19.0 Å². The van der Waals surface area contributed by atoms with Crippen LogP contribution in [0.25, 0.3) is 21.9 Å². The second-order valence-electron chi connectivity index (χ2n) is 9.28. The topological polar surface area (TPSA) is 60.9 Å². The molecule has 3 aromatic rings. The second kappa shape index (κ2) is 8.12. The minimum absolute atomic E-state index is 0.115. The number of benzene rings is 2. The van der Waals surface area contributed by atoms with Gasteiger partial charge < -0.3 is 19.1 Å². The van der Waals surface area contributed by atoms with E-state index >= 15 is 0 Å². The van der Waals surface area contributed by atoms with Crippen molar-refractivity contribution in [3.8, 4) is 16.9 Å². The molecule has 4 heterocycles. The van der Waals surface area contributed by atoms with E-state index in [9.17, 15) is 4.79 Å². The average molecular weight is 445 g/mol. The fourth-order valence-electron chi connectivity index (χ4n) is 5.21. The summed E-state index contributed by atoms with van der Waals surface area (Å²) in [6.07, 6.45) is 4.73. The summed E-state index contributed by atoms with van der Waals surface area (Å²) in [7, 11) is 0. The third-order valence-electron chi connectivity index (χ3n) is 7.19. The first-order chi connectivity index (χ1) is 16.1. The van der Waals surface area contributed by atoms with Gasteiger partial charge in [-0.15, -0.1) is 0 Å². The Kier molecular flexibility index (Phi) is 5.07. The van der Waals surface area contributed by atoms with Crippen LogP contribution < -0.4 is 4.74 Å². The first kappa shape index (κ1) is 20.6. The van der Waals surface area contributed by atoms with E-state index in [2.05, 4.69) is 47.4 Å². The molecule has 0 radical (unpaired) electrons. The summed E-state index contributed by atoms with van der Waals surface area (Å²) in [5.41, 5.74) is 4.41. The molecule has 0 aliphatic carbocycles. The fraction of sp³-hybridized carbons (Fsp3) is 0.407. The number of ether oxygens (including phenoxy) is 3. The molecular formula is C27H28N2O4. The Labute approximate surface area is 193 Å². The van der Waals surface area contributed by atoms with Gasteiger partial charge in [0.25, 0.3) is 5.91 Å². The Balaban J connectivity index is 1.17. The van der Waals surface area contributed by atoms with Gasteiger partial charge in [-0.05, 0) is 60.5 Å². The zero-order chi connectivity index (χ0) is 22.4. The molecule has 1 spiro atoms. The fourth-order valence-corrected chi connectivity index (χ4v) is 5.21. The summed E-state index contributed by atoms with van der Waals surface area (Å²) < 4.78 is 18.2. The van der Waals surface area contributed by atoms with Gasteiger partial charge in [0.2, 0.25) is 5.79 Å². The lowest BCUT2D eigenvalue weighted by molar-refractivity contribution is -0.228. The molecule has 1 amide bonds. The van der Waals surface area contributed by atoms with Crippen molar-refractivity contribution in [1.29, 1.82) is 0 Å². The predicted molar refractivity (Wildman–Crippen MR) is 125 cm³/mol. The summed E-state index contributed by atoms with van der Waals surface area (Å²) in [4.78, 5) is 18.9. The molecule has 0 bridgehead atoms. The highest BCUT2D eigenvalue weighted by Gasteiger charge is 2.43. The van der Waals surface area contributed by atoms with E-state index in [1.54, 1.807) is 0 Å². The van der Waals surface area contributed by atoms with E-state index in [0.29, 0.717) is 39.1 Å². The van der Waals surface area contributed by atoms with Crippen LogP contribution >= 0.6 is 0 Å². The molecule has 6 rings (SSSR count). The number of carbonyl (C=O) groups excluding carboxylic acids is 1. The maximum absolute atomic E-state index is 12.7. The molecular weight excluding hydrogens is 416 g/mol. The molecule has 3 aliphatic heterocycles. The normalized spacial score (nSPS) is 21.7. The molecule has 1 unspecified atom stereocenters. The zero-order valence-corrected chi connectivity index (χ0v) is 18.9. The predicted octanol–water partition coefficient (Wildman–Crippen LogP) is 4.62. The van der Waals surface area contributed by atoms with Gasteiger partial charge >= 0.3 is 0 Å². The van der Waals surface area contributed by atoms with E-state index in [-0.39, 0.29) is 12.0 Å². The van der Waals surface area contributed by atoms with Crippen LogP contribution in [0.15, 0.2) is 48.7 Å². The Morgan fingerprint density at radius 1 is 1.09 bits per heavy atom. The van der Waals surface area contributed by atoms with E-state index in [0.717, 1.165) is 41.0 Å². The van der Waals surface area contributed by atoms with Crippen LogP contribution in [0, 0.1) is 6.92 Å². The van der Waals surface area contributed by atoms with E-state index in [4.69, 9.17) is 14.2 Å². The van der Waals surface area contributed by atoms with Crippen molar-refractivity contribution >= 4 is 16.7 Å². The second-order valence-corrected chi connectivity index (χ2v) is 9.28. The maximum atomic E-state index is 12.7. The van der Waals surface area contributed by atoms with Crippen molar-refractivity contribution in [3.05, 3.63) is 59.9 Å². The minimum atomic E-state index is -0.644. The monoisotopic (exact) mass is 444 g/mol. The Bertz CT molecular complexity index is 1210. The van der Waals surface area contributed by atoms with Crippen LogP contribution in [0.4, 0.5) is 0 Å². The number of rotatable bonds is 2. The molecule has 6 heteroatoms. The number of hydrogen-bond donors (Lipinski definition) is 0. The number of pyridine rings is 1. The quantitative estimate of drug-likeness (QED) is 0.577. The number of likely N-dealkylation sites (tertiary alicyclic amines) is 1. The van der Waals surface area contributed by atoms with Gasteiger partial charge in [0.05, 0.1) is 6.61 Å². The molecule has 3 aliphatic rings. The zero-order valence-electron chi connectivity index (χ0n) is 18.9. The number of carbonyl (C=O) groups is 1. The Morgan fingerprint density at radius 2 is 1.91 bits per heavy atom. The number of fused-ring (bicyclic) bond motifs is 2. The van der Waals surface area contributed by atoms with Crippen LogP contribution in [-0.4, -0.2) is 47.4 Å². The van der Waals surface area contributed by atoms with Crippen molar-refractivity contribution in [2.75, 3.05) is 19.7 Å². The molecule has 2 saturated heterocycles. The van der Waals surface area contributed by atoms with Gasteiger partial charge in [0.15, 0.2) is 0 Å². The molecule has 170 valence electrons. The molecule has 6 nitrogen and oxygen atoms in total. The SMILES string of the molecule is Cc1nccc2cc(-c3ccc4c(c3)COC3(CCN(C(=O)C5CCCO5)CC3)O4)ccc12. The van der Waals surface area contributed by atoms with Crippen molar-refractivity contribution in [3.63, 3.8) is 0 Å². The van der Waals surface area contributed by atoms with Gasteiger partial charge in [-0.2, -0.15) is 0 Å². The van der Waals surface area contributed by atoms with Crippen molar-refractivity contribution in [2.24, 2.45) is 0 Å². The van der Waals surface area contributed by atoms with E-state index in [1.807, 2.05) is 18.0 Å². The third-order valence-corrected chi connectivity index (χ3v) is 7.19. The van der Waals surface area contributed by atoms with Gasteiger partial charge in [-0.25, -0.2) is 0 Å². The molecule has 2 aromatic carbocycles. The van der Waals surface area contributed by atoms with Crippen LogP contribution in [0.1, 0.15) is 36.9 Å². The first-order valence-electron chi connectivity index (χ1n) is 11.8. The van der Waals surface area contributed by atoms with Gasteiger partial charge in [-0.1, -0.05) is 18.2 Å². The molecule has 0 N–H and O–H groups in total. The molecule has 1 aromatic heterocycles. The summed E-state index contributed by atoms with van der Waals surface area (Å²) in [6, 6.07) is 14.9. The van der Waals surface area contributed by atoms with Gasteiger partial charge in [-0.3, -0.25) is 9.78 Å². The number of aryl methyl sites for hydroxylation is 1. The third kappa shape index (κ3) is 3.77. The summed E-state index contributed by atoms with van der Waals surface area (Å²) >= 11 is 0. The molecule has 2 fully saturated rings. The van der Waals surface area contributed by atoms with Crippen LogP contribution in [0.3, 0.4) is 0 Å². The summed E-state index contributed by atoms with van der Waals surface area (Å²) in [6.45, 7) is 4.51. The minimum Gasteiger partial charge on any atom is -0.462 e. The summed E-state index contributed by atoms with van der Waals surface area (Å²) in [5.74, 6) is 0.351. The smallest absolute Gasteiger partial charge is 0.251 e. The van der Waals surface area contributed by atoms with E-state index in [1.165, 1.54) is 10.8 Å². The number of nitrogens with zero attached hydrogens (tertiary/aromatic N) is 2. The van der Waals surface area contributed by atoms with Crippen molar-refractivity contribution in [2.45, 2.75) is 51.1 Å². The van der Waals surface area contributed by atoms with E-state index < -0.39 is 5.79 Å². The van der Waals surface area contributed by atoms with Gasteiger partial charge in [0.1, 0.15) is 11.9 Å². The number of amides is 1. The van der Waals surface area contributed by atoms with Gasteiger partial charge in [0, 0.05) is 55.4 Å². The number of aromatic nitrogens is 1. The molecule has 0 saturated carbocycles. The average Bonchev–Trinajstić information content (AvgIpc) is 3.39. The maximum Gasteiger partial charge on any atom is 0.251 e. The lowest BCUT2D eigenvalue weighted by Gasteiger charge is -2.44. The number of piperidine rings is 1. The Morgan fingerprint density at radius 3 is 2.73 bits per heavy atom. The number of hydrogen-bond acceptors (Lipinski definition) is 5. The standard InChI is InChI=1S/C27H28N2O4/c1-18-23-6-4-19(15-21(23)8-11-28-18)20-5-7-24-22(16-20)17-32-27(33-24)9-12-29(13-10-27)26(30)25-3-2-14-31-25/h4-8,11,15-16,25H,2-3,9-10,12-14,17H2,1H3. The molecule has 33 heavy (non-hydrogen) atoms. The highest BCUT2D eigenvalue weighted by Crippen LogP contribution is 2.39.